The molecule has 1 saturated carbocycles. The van der Waals surface area contributed by atoms with E-state index in [4.69, 9.17) is 0 Å². The highest BCUT2D eigenvalue weighted by atomic mass is 15.3. The summed E-state index contributed by atoms with van der Waals surface area (Å²) in [7, 11) is 0. The number of benzene rings is 1. The van der Waals surface area contributed by atoms with Crippen LogP contribution in [0, 0.1) is 5.92 Å². The molecule has 2 aliphatic rings. The number of hydrogen-bond donors (Lipinski definition) is 1. The van der Waals surface area contributed by atoms with Gasteiger partial charge < -0.3 is 5.32 Å². The Morgan fingerprint density at radius 3 is 2.71 bits per heavy atom. The average molecular weight is 284 g/mol. The monoisotopic (exact) mass is 284 g/mol. The number of rotatable bonds is 5. The van der Waals surface area contributed by atoms with Crippen molar-refractivity contribution < 1.29 is 0 Å². The Morgan fingerprint density at radius 1 is 1.29 bits per heavy atom. The second-order valence-electron chi connectivity index (χ2n) is 6.87. The van der Waals surface area contributed by atoms with Crippen molar-refractivity contribution >= 4 is 0 Å². The van der Waals surface area contributed by atoms with Gasteiger partial charge in [0.05, 0.1) is 0 Å². The predicted octanol–water partition coefficient (Wildman–Crippen LogP) is 3.25. The quantitative estimate of drug-likeness (QED) is 0.835. The van der Waals surface area contributed by atoms with Crippen LogP contribution in [0.25, 0.3) is 0 Å². The van der Waals surface area contributed by atoms with Crippen molar-refractivity contribution in [3.63, 3.8) is 0 Å². The fourth-order valence-electron chi connectivity index (χ4n) is 3.66. The highest BCUT2D eigenvalue weighted by Crippen LogP contribution is 2.44. The van der Waals surface area contributed by atoms with E-state index < -0.39 is 0 Å². The molecule has 1 aliphatic heterocycles. The van der Waals surface area contributed by atoms with Gasteiger partial charge in [0.25, 0.3) is 0 Å². The highest BCUT2D eigenvalue weighted by Gasteiger charge is 2.47. The number of piperazine rings is 1. The molecule has 2 atom stereocenters. The summed E-state index contributed by atoms with van der Waals surface area (Å²) < 4.78 is 0. The predicted molar refractivity (Wildman–Crippen MR) is 89.5 cm³/mol. The third-order valence-corrected chi connectivity index (χ3v) is 5.26. The van der Waals surface area contributed by atoms with Crippen molar-refractivity contribution in [2.45, 2.75) is 44.7 Å². The minimum atomic E-state index is 0.354. The smallest absolute Gasteiger partial charge is 0.0337 e. The van der Waals surface area contributed by atoms with Crippen LogP contribution in [0.15, 0.2) is 42.5 Å². The zero-order chi connectivity index (χ0) is 14.7. The van der Waals surface area contributed by atoms with Gasteiger partial charge in [-0.3, -0.25) is 4.90 Å². The van der Waals surface area contributed by atoms with Gasteiger partial charge in [-0.05, 0) is 44.6 Å². The Bertz CT molecular complexity index is 478. The van der Waals surface area contributed by atoms with Crippen LogP contribution in [-0.4, -0.2) is 36.1 Å². The van der Waals surface area contributed by atoms with E-state index in [0.717, 1.165) is 32.0 Å². The fourth-order valence-corrected chi connectivity index (χ4v) is 3.66. The Kier molecular flexibility index (Phi) is 4.46. The lowest BCUT2D eigenvalue weighted by molar-refractivity contribution is 0.0458. The minimum absolute atomic E-state index is 0.354. The molecule has 3 rings (SSSR count). The van der Waals surface area contributed by atoms with E-state index in [-0.39, 0.29) is 0 Å². The first kappa shape index (κ1) is 14.8. The van der Waals surface area contributed by atoms with Crippen molar-refractivity contribution in [1.82, 2.24) is 10.2 Å². The molecule has 0 bridgehead atoms. The molecule has 2 nitrogen and oxygen atoms in total. The third-order valence-electron chi connectivity index (χ3n) is 5.26. The Morgan fingerprint density at radius 2 is 2.05 bits per heavy atom. The van der Waals surface area contributed by atoms with Gasteiger partial charge in [-0.15, -0.1) is 0 Å². The highest BCUT2D eigenvalue weighted by molar-refractivity contribution is 5.17. The third kappa shape index (κ3) is 3.38. The molecule has 1 aliphatic carbocycles. The van der Waals surface area contributed by atoms with E-state index in [0.29, 0.717) is 11.6 Å². The Hall–Kier alpha value is -1.12. The van der Waals surface area contributed by atoms with Crippen LogP contribution in [-0.2, 0) is 6.42 Å². The summed E-state index contributed by atoms with van der Waals surface area (Å²) in [5.74, 6) is 0.896. The van der Waals surface area contributed by atoms with Gasteiger partial charge in [0.15, 0.2) is 0 Å². The van der Waals surface area contributed by atoms with Crippen LogP contribution in [0.3, 0.4) is 0 Å². The second-order valence-corrected chi connectivity index (χ2v) is 6.87. The van der Waals surface area contributed by atoms with Crippen LogP contribution in [0.4, 0.5) is 0 Å². The summed E-state index contributed by atoms with van der Waals surface area (Å²) in [4.78, 5) is 2.72. The molecule has 0 spiro atoms. The van der Waals surface area contributed by atoms with Crippen LogP contribution in [0.1, 0.15) is 32.3 Å². The second kappa shape index (κ2) is 6.33. The number of allylic oxidation sites excluding steroid dienone is 1. The summed E-state index contributed by atoms with van der Waals surface area (Å²) in [5.41, 5.74) is 1.79. The first-order chi connectivity index (χ1) is 10.2. The zero-order valence-electron chi connectivity index (χ0n) is 13.4. The maximum Gasteiger partial charge on any atom is 0.0337 e. The molecule has 1 aromatic rings. The summed E-state index contributed by atoms with van der Waals surface area (Å²) in [6.07, 6.45) is 8.45. The maximum absolute atomic E-state index is 3.82. The number of hydrogen-bond acceptors (Lipinski definition) is 2. The first-order valence-electron chi connectivity index (χ1n) is 8.36. The molecule has 0 radical (unpaired) electrons. The minimum Gasteiger partial charge on any atom is -0.311 e. The van der Waals surface area contributed by atoms with Gasteiger partial charge >= 0.3 is 0 Å². The molecule has 114 valence electrons. The van der Waals surface area contributed by atoms with Crippen molar-refractivity contribution in [1.29, 1.82) is 0 Å². The Balaban J connectivity index is 1.67. The average Bonchev–Trinajstić information content (AvgIpc) is 3.34. The van der Waals surface area contributed by atoms with E-state index >= 15 is 0 Å². The van der Waals surface area contributed by atoms with Gasteiger partial charge in [-0.1, -0.05) is 42.5 Å². The molecule has 1 N–H and O–H groups in total. The summed E-state index contributed by atoms with van der Waals surface area (Å²) >= 11 is 0. The SMILES string of the molecule is C/C=C/CN1CC(Cc2ccccc2)NCC1(C)C1CC1. The van der Waals surface area contributed by atoms with Gasteiger partial charge in [-0.2, -0.15) is 0 Å². The van der Waals surface area contributed by atoms with Crippen molar-refractivity contribution in [3.05, 3.63) is 48.0 Å². The molecular formula is C19H28N2. The molecule has 2 unspecified atom stereocenters. The summed E-state index contributed by atoms with van der Waals surface area (Å²) in [6, 6.07) is 11.4. The molecule has 21 heavy (non-hydrogen) atoms. The van der Waals surface area contributed by atoms with Crippen molar-refractivity contribution in [2.24, 2.45) is 5.92 Å². The molecule has 0 amide bonds. The van der Waals surface area contributed by atoms with E-state index in [1.807, 2.05) is 0 Å². The van der Waals surface area contributed by atoms with Crippen molar-refractivity contribution in [2.75, 3.05) is 19.6 Å². The summed E-state index contributed by atoms with van der Waals surface area (Å²) in [5, 5.41) is 3.82. The van der Waals surface area contributed by atoms with Crippen molar-refractivity contribution in [3.8, 4) is 0 Å². The topological polar surface area (TPSA) is 15.3 Å². The summed E-state index contributed by atoms with van der Waals surface area (Å²) in [6.45, 7) is 7.97. The van der Waals surface area contributed by atoms with E-state index in [1.165, 1.54) is 18.4 Å². The lowest BCUT2D eigenvalue weighted by Gasteiger charge is -2.48. The van der Waals surface area contributed by atoms with Crippen LogP contribution in [0.2, 0.25) is 0 Å². The number of nitrogens with one attached hydrogen (secondary N) is 1. The molecule has 0 aromatic heterocycles. The zero-order valence-corrected chi connectivity index (χ0v) is 13.4. The fraction of sp³-hybridized carbons (Fsp3) is 0.579. The number of nitrogens with zero attached hydrogens (tertiary/aromatic N) is 1. The normalized spacial score (nSPS) is 30.9. The molecular weight excluding hydrogens is 256 g/mol. The molecule has 1 aromatic carbocycles. The van der Waals surface area contributed by atoms with Gasteiger partial charge in [0.2, 0.25) is 0 Å². The lowest BCUT2D eigenvalue weighted by Crippen LogP contribution is -2.64. The largest absolute Gasteiger partial charge is 0.311 e. The van der Waals surface area contributed by atoms with Crippen LogP contribution < -0.4 is 5.32 Å². The van der Waals surface area contributed by atoms with E-state index in [1.54, 1.807) is 0 Å². The molecule has 2 heteroatoms. The van der Waals surface area contributed by atoms with Crippen LogP contribution >= 0.6 is 0 Å². The van der Waals surface area contributed by atoms with E-state index in [2.05, 4.69) is 66.5 Å². The van der Waals surface area contributed by atoms with Gasteiger partial charge in [-0.25, -0.2) is 0 Å². The first-order valence-corrected chi connectivity index (χ1v) is 8.36. The molecule has 1 saturated heterocycles. The van der Waals surface area contributed by atoms with E-state index in [9.17, 15) is 0 Å². The molecule has 1 heterocycles. The molecule has 2 fully saturated rings. The Labute approximate surface area is 129 Å². The van der Waals surface area contributed by atoms with Gasteiger partial charge in [0.1, 0.15) is 0 Å². The van der Waals surface area contributed by atoms with Crippen LogP contribution in [0.5, 0.6) is 0 Å². The lowest BCUT2D eigenvalue weighted by atomic mass is 9.88. The maximum atomic E-state index is 3.82. The van der Waals surface area contributed by atoms with Gasteiger partial charge in [0, 0.05) is 31.2 Å². The standard InChI is InChI=1S/C19H28N2/c1-3-4-12-21-14-18(13-16-8-6-5-7-9-16)20-15-19(21,2)17-10-11-17/h3-9,17-18,20H,10-15H2,1-2H3/b4-3+.